The molecule has 0 saturated carbocycles. The molecule has 1 amide bonds. The second-order valence-corrected chi connectivity index (χ2v) is 8.48. The van der Waals surface area contributed by atoms with Crippen molar-refractivity contribution in [1.82, 2.24) is 5.32 Å². The molecule has 1 aromatic carbocycles. The molecule has 0 fully saturated rings. The van der Waals surface area contributed by atoms with Crippen LogP contribution < -0.4 is 15.7 Å². The van der Waals surface area contributed by atoms with Gasteiger partial charge in [-0.3, -0.25) is 4.79 Å². The summed E-state index contributed by atoms with van der Waals surface area (Å²) in [7, 11) is 0. The van der Waals surface area contributed by atoms with Crippen LogP contribution in [0.25, 0.3) is 11.0 Å². The summed E-state index contributed by atoms with van der Waals surface area (Å²) < 4.78 is 11.5. The van der Waals surface area contributed by atoms with Crippen molar-refractivity contribution < 1.29 is 23.8 Å². The van der Waals surface area contributed by atoms with E-state index in [1.54, 1.807) is 13.0 Å². The Morgan fingerprint density at radius 2 is 1.83 bits per heavy atom. The van der Waals surface area contributed by atoms with Gasteiger partial charge in [0.05, 0.1) is 5.39 Å². The number of carbonyl (C=O) groups is 2. The van der Waals surface area contributed by atoms with E-state index in [9.17, 15) is 19.5 Å². The Morgan fingerprint density at radius 3 is 2.47 bits per heavy atom. The topological polar surface area (TPSA) is 106 Å². The minimum Gasteiger partial charge on any atom is -0.480 e. The van der Waals surface area contributed by atoms with E-state index in [1.165, 1.54) is 0 Å². The Labute approximate surface area is 175 Å². The molecule has 7 heteroatoms. The first-order valence-electron chi connectivity index (χ1n) is 10.5. The highest BCUT2D eigenvalue weighted by atomic mass is 16.5. The molecule has 0 unspecified atom stereocenters. The number of carbonyl (C=O) groups excluding carboxylic acids is 1. The summed E-state index contributed by atoms with van der Waals surface area (Å²) in [5.74, 6) is -0.965. The quantitative estimate of drug-likeness (QED) is 0.672. The van der Waals surface area contributed by atoms with Crippen LogP contribution in [0.15, 0.2) is 21.3 Å². The van der Waals surface area contributed by atoms with Crippen LogP contribution in [0.3, 0.4) is 0 Å². The smallest absolute Gasteiger partial charge is 0.339 e. The number of benzene rings is 1. The van der Waals surface area contributed by atoms with Gasteiger partial charge in [-0.25, -0.2) is 9.59 Å². The first-order valence-corrected chi connectivity index (χ1v) is 10.5. The highest BCUT2D eigenvalue weighted by molar-refractivity contribution is 5.90. The summed E-state index contributed by atoms with van der Waals surface area (Å²) in [5, 5.41) is 12.7. The van der Waals surface area contributed by atoms with Crippen molar-refractivity contribution in [2.75, 3.05) is 0 Å². The molecule has 7 nitrogen and oxygen atoms in total. The third-order valence-corrected chi connectivity index (χ3v) is 5.42. The summed E-state index contributed by atoms with van der Waals surface area (Å²) in [5.41, 5.74) is 2.59. The van der Waals surface area contributed by atoms with Crippen LogP contribution in [0, 0.1) is 12.8 Å². The number of fused-ring (bicyclic) bond motifs is 3. The van der Waals surface area contributed by atoms with E-state index in [0.717, 1.165) is 35.8 Å². The van der Waals surface area contributed by atoms with Crippen LogP contribution >= 0.6 is 0 Å². The lowest BCUT2D eigenvalue weighted by molar-refractivity contribution is -0.143. The van der Waals surface area contributed by atoms with Gasteiger partial charge < -0.3 is 19.6 Å². The fourth-order valence-corrected chi connectivity index (χ4v) is 3.99. The lowest BCUT2D eigenvalue weighted by Gasteiger charge is -2.22. The molecule has 162 valence electrons. The molecule has 1 aromatic heterocycles. The second-order valence-electron chi connectivity index (χ2n) is 8.48. The highest BCUT2D eigenvalue weighted by Gasteiger charge is 2.26. The maximum Gasteiger partial charge on any atom is 0.339 e. The number of carboxylic acids is 1. The number of amides is 1. The van der Waals surface area contributed by atoms with E-state index >= 15 is 0 Å². The van der Waals surface area contributed by atoms with Gasteiger partial charge in [0.2, 0.25) is 0 Å². The summed E-state index contributed by atoms with van der Waals surface area (Å²) in [6.45, 7) is 7.25. The molecule has 0 bridgehead atoms. The van der Waals surface area contributed by atoms with E-state index in [2.05, 4.69) is 5.32 Å². The third kappa shape index (κ3) is 4.66. The number of carboxylic acid groups (broad SMARTS) is 1. The van der Waals surface area contributed by atoms with Crippen molar-refractivity contribution in [2.45, 2.75) is 71.9 Å². The van der Waals surface area contributed by atoms with Gasteiger partial charge in [0, 0.05) is 5.56 Å². The van der Waals surface area contributed by atoms with Crippen molar-refractivity contribution in [2.24, 2.45) is 5.92 Å². The van der Waals surface area contributed by atoms with Crippen LogP contribution in [0.4, 0.5) is 0 Å². The number of aryl methyl sites for hydroxylation is 2. The average molecular weight is 415 g/mol. The maximum absolute atomic E-state index is 12.6. The highest BCUT2D eigenvalue weighted by Crippen LogP contribution is 2.35. The minimum atomic E-state index is -1.07. The Balaban J connectivity index is 1.92. The second kappa shape index (κ2) is 8.90. The van der Waals surface area contributed by atoms with E-state index in [1.807, 2.05) is 26.8 Å². The maximum atomic E-state index is 12.6. The van der Waals surface area contributed by atoms with Crippen molar-refractivity contribution in [1.29, 1.82) is 0 Å². The fourth-order valence-electron chi connectivity index (χ4n) is 3.99. The molecule has 1 aliphatic rings. The van der Waals surface area contributed by atoms with Crippen LogP contribution in [0.2, 0.25) is 0 Å². The zero-order valence-corrected chi connectivity index (χ0v) is 17.9. The normalized spacial score (nSPS) is 15.5. The largest absolute Gasteiger partial charge is 0.480 e. The standard InChI is InChI=1S/C23H29NO6/c1-12(2)9-17(22(26)27)24-21(25)14(4)29-18-10-13(3)11-19-20(18)15-7-5-6-8-16(15)23(28)30-19/h10-12,14,17H,5-9H2,1-4H3,(H,24,25)(H,26,27)/t14-,17-/m0/s1. The number of hydrogen-bond donors (Lipinski definition) is 2. The van der Waals surface area contributed by atoms with Crippen LogP contribution in [-0.2, 0) is 22.4 Å². The molecule has 0 saturated heterocycles. The molecule has 0 radical (unpaired) electrons. The van der Waals surface area contributed by atoms with Gasteiger partial charge in [-0.05, 0) is 75.1 Å². The van der Waals surface area contributed by atoms with Crippen molar-refractivity contribution in [3.8, 4) is 5.75 Å². The number of nitrogens with one attached hydrogen (secondary N) is 1. The average Bonchev–Trinajstić information content (AvgIpc) is 2.66. The van der Waals surface area contributed by atoms with Crippen molar-refractivity contribution >= 4 is 22.8 Å². The number of ether oxygens (including phenoxy) is 1. The van der Waals surface area contributed by atoms with Gasteiger partial charge in [-0.15, -0.1) is 0 Å². The van der Waals surface area contributed by atoms with E-state index in [4.69, 9.17) is 9.15 Å². The number of rotatable bonds is 7. The summed E-state index contributed by atoms with van der Waals surface area (Å²) in [6, 6.07) is 2.65. The molecule has 3 rings (SSSR count). The van der Waals surface area contributed by atoms with E-state index < -0.39 is 24.0 Å². The zero-order valence-electron chi connectivity index (χ0n) is 17.9. The molecule has 1 aliphatic carbocycles. The van der Waals surface area contributed by atoms with E-state index in [0.29, 0.717) is 29.7 Å². The lowest BCUT2D eigenvalue weighted by atomic mass is 9.90. The molecule has 0 aliphatic heterocycles. The Morgan fingerprint density at radius 1 is 1.17 bits per heavy atom. The molecule has 1 heterocycles. The van der Waals surface area contributed by atoms with Crippen LogP contribution in [0.1, 0.15) is 56.7 Å². The SMILES string of the molecule is Cc1cc(O[C@@H](C)C(=O)N[C@@H](CC(C)C)C(=O)O)c2c3c(c(=O)oc2c1)CCCC3. The van der Waals surface area contributed by atoms with Gasteiger partial charge in [0.1, 0.15) is 17.4 Å². The predicted octanol–water partition coefficient (Wildman–Crippen LogP) is 3.36. The monoisotopic (exact) mass is 415 g/mol. The molecular weight excluding hydrogens is 386 g/mol. The van der Waals surface area contributed by atoms with Gasteiger partial charge in [-0.2, -0.15) is 0 Å². The molecular formula is C23H29NO6. The van der Waals surface area contributed by atoms with Crippen molar-refractivity contribution in [3.63, 3.8) is 0 Å². The van der Waals surface area contributed by atoms with Gasteiger partial charge >= 0.3 is 11.6 Å². The summed E-state index contributed by atoms with van der Waals surface area (Å²) in [6.07, 6.45) is 2.77. The first kappa shape index (κ1) is 21.9. The molecule has 2 N–H and O–H groups in total. The molecule has 30 heavy (non-hydrogen) atoms. The summed E-state index contributed by atoms with van der Waals surface area (Å²) in [4.78, 5) is 36.5. The minimum absolute atomic E-state index is 0.123. The Hall–Kier alpha value is -2.83. The van der Waals surface area contributed by atoms with E-state index in [-0.39, 0.29) is 11.5 Å². The van der Waals surface area contributed by atoms with Gasteiger partial charge in [-0.1, -0.05) is 13.8 Å². The van der Waals surface area contributed by atoms with Crippen LogP contribution in [-0.4, -0.2) is 29.1 Å². The van der Waals surface area contributed by atoms with Gasteiger partial charge in [0.25, 0.3) is 5.91 Å². The third-order valence-electron chi connectivity index (χ3n) is 5.42. The predicted molar refractivity (Wildman–Crippen MR) is 113 cm³/mol. The fraction of sp³-hybridized carbons (Fsp3) is 0.522. The summed E-state index contributed by atoms with van der Waals surface area (Å²) >= 11 is 0. The molecule has 2 atom stereocenters. The molecule has 0 spiro atoms. The Kier molecular flexibility index (Phi) is 6.48. The Bertz CT molecular complexity index is 1020. The zero-order chi connectivity index (χ0) is 22.0. The lowest BCUT2D eigenvalue weighted by Crippen LogP contribution is -2.46. The number of aliphatic carboxylic acids is 1. The van der Waals surface area contributed by atoms with Crippen LogP contribution in [0.5, 0.6) is 5.75 Å². The first-order chi connectivity index (χ1) is 14.2. The molecule has 2 aromatic rings. The number of hydrogen-bond acceptors (Lipinski definition) is 5. The van der Waals surface area contributed by atoms with Gasteiger partial charge in [0.15, 0.2) is 6.10 Å². The van der Waals surface area contributed by atoms with Crippen molar-refractivity contribution in [3.05, 3.63) is 39.2 Å².